The van der Waals surface area contributed by atoms with Crippen molar-refractivity contribution in [3.63, 3.8) is 0 Å². The average molecular weight is 314 g/mol. The molecule has 8 nitrogen and oxygen atoms in total. The van der Waals surface area contributed by atoms with Gasteiger partial charge < -0.3 is 19.9 Å². The first-order chi connectivity index (χ1) is 10.1. The summed E-state index contributed by atoms with van der Waals surface area (Å²) in [6.45, 7) is 0.458. The Balaban J connectivity index is 1.94. The van der Waals surface area contributed by atoms with Gasteiger partial charge >= 0.3 is 0 Å². The number of halogens is 1. The van der Waals surface area contributed by atoms with Crippen molar-refractivity contribution in [1.82, 2.24) is 19.5 Å². The fraction of sp³-hybridized carbons (Fsp3) is 0.583. The fourth-order valence-electron chi connectivity index (χ4n) is 2.55. The van der Waals surface area contributed by atoms with E-state index in [1.165, 1.54) is 0 Å². The fourth-order valence-corrected chi connectivity index (χ4v) is 2.73. The molecule has 0 saturated carbocycles. The Morgan fingerprint density at radius 3 is 3.00 bits per heavy atom. The van der Waals surface area contributed by atoms with Crippen molar-refractivity contribution in [2.45, 2.75) is 24.9 Å². The number of nitrogens with two attached hydrogens (primary N) is 1. The molecule has 114 valence electrons. The highest BCUT2D eigenvalue weighted by molar-refractivity contribution is 6.28. The van der Waals surface area contributed by atoms with Crippen LogP contribution in [-0.2, 0) is 14.2 Å². The topological polar surface area (TPSA) is 97.3 Å². The van der Waals surface area contributed by atoms with Crippen molar-refractivity contribution < 1.29 is 14.2 Å². The van der Waals surface area contributed by atoms with E-state index in [1.54, 1.807) is 25.1 Å². The van der Waals surface area contributed by atoms with Crippen molar-refractivity contribution in [2.24, 2.45) is 0 Å². The number of rotatable bonds is 4. The lowest BCUT2D eigenvalue weighted by Crippen LogP contribution is -2.27. The number of anilines is 1. The van der Waals surface area contributed by atoms with Gasteiger partial charge in [0.15, 0.2) is 11.5 Å². The van der Waals surface area contributed by atoms with E-state index in [0.29, 0.717) is 24.2 Å². The van der Waals surface area contributed by atoms with Crippen LogP contribution in [0.5, 0.6) is 0 Å². The smallest absolute Gasteiger partial charge is 0.226 e. The van der Waals surface area contributed by atoms with E-state index in [1.807, 2.05) is 0 Å². The zero-order valence-electron chi connectivity index (χ0n) is 11.7. The van der Waals surface area contributed by atoms with Gasteiger partial charge in [-0.15, -0.1) is 0 Å². The second-order valence-electron chi connectivity index (χ2n) is 4.80. The van der Waals surface area contributed by atoms with Gasteiger partial charge in [-0.3, -0.25) is 4.57 Å². The number of hydrogen-bond donors (Lipinski definition) is 1. The summed E-state index contributed by atoms with van der Waals surface area (Å²) < 4.78 is 18.4. The lowest BCUT2D eigenvalue weighted by Gasteiger charge is -2.16. The number of nitrogens with zero attached hydrogens (tertiary/aromatic N) is 4. The molecule has 9 heteroatoms. The van der Waals surface area contributed by atoms with Crippen LogP contribution >= 0.6 is 11.6 Å². The van der Waals surface area contributed by atoms with E-state index in [-0.39, 0.29) is 29.5 Å². The number of hydrogen-bond acceptors (Lipinski definition) is 7. The molecule has 1 aliphatic heterocycles. The molecular weight excluding hydrogens is 298 g/mol. The SMILES string of the molecule is COCC1OC(n2cnc3c(N)nc(Cl)nc32)CC1OC. The van der Waals surface area contributed by atoms with E-state index in [9.17, 15) is 0 Å². The van der Waals surface area contributed by atoms with Crippen LogP contribution < -0.4 is 5.73 Å². The maximum absolute atomic E-state index is 5.97. The van der Waals surface area contributed by atoms with Crippen LogP contribution in [0.15, 0.2) is 6.33 Å². The average Bonchev–Trinajstić information content (AvgIpc) is 3.02. The summed E-state index contributed by atoms with van der Waals surface area (Å²) in [6.07, 6.45) is 1.83. The van der Waals surface area contributed by atoms with Crippen LogP contribution in [0, 0.1) is 0 Å². The quantitative estimate of drug-likeness (QED) is 0.841. The van der Waals surface area contributed by atoms with Crippen LogP contribution in [0.1, 0.15) is 12.6 Å². The third-order valence-electron chi connectivity index (χ3n) is 3.55. The van der Waals surface area contributed by atoms with Crippen molar-refractivity contribution in [1.29, 1.82) is 0 Å². The molecule has 1 fully saturated rings. The molecule has 0 aliphatic carbocycles. The van der Waals surface area contributed by atoms with Crippen LogP contribution in [-0.4, -0.2) is 52.6 Å². The molecule has 2 aromatic rings. The Bertz CT molecular complexity index is 649. The maximum atomic E-state index is 5.97. The molecule has 0 bridgehead atoms. The summed E-state index contributed by atoms with van der Waals surface area (Å²) in [5.41, 5.74) is 6.85. The minimum atomic E-state index is -0.259. The Morgan fingerprint density at radius 2 is 2.29 bits per heavy atom. The molecular formula is C12H16ClN5O3. The molecule has 0 spiro atoms. The third-order valence-corrected chi connectivity index (χ3v) is 3.71. The van der Waals surface area contributed by atoms with E-state index >= 15 is 0 Å². The van der Waals surface area contributed by atoms with Gasteiger partial charge in [-0.05, 0) is 11.6 Å². The lowest BCUT2D eigenvalue weighted by molar-refractivity contribution is -0.0597. The lowest BCUT2D eigenvalue weighted by atomic mass is 10.2. The first-order valence-corrected chi connectivity index (χ1v) is 6.84. The molecule has 0 radical (unpaired) electrons. The molecule has 21 heavy (non-hydrogen) atoms. The van der Waals surface area contributed by atoms with Gasteiger partial charge in [0, 0.05) is 20.6 Å². The summed E-state index contributed by atoms with van der Waals surface area (Å²) in [5, 5.41) is 0.0801. The number of methoxy groups -OCH3 is 2. The van der Waals surface area contributed by atoms with E-state index in [4.69, 9.17) is 31.5 Å². The zero-order valence-corrected chi connectivity index (χ0v) is 12.4. The zero-order chi connectivity index (χ0) is 15.0. The van der Waals surface area contributed by atoms with Crippen LogP contribution in [0.4, 0.5) is 5.82 Å². The second kappa shape index (κ2) is 5.72. The molecule has 3 atom stereocenters. The first kappa shape index (κ1) is 14.5. The predicted octanol–water partition coefficient (Wildman–Crippen LogP) is 1.01. The molecule has 2 aromatic heterocycles. The molecule has 3 heterocycles. The molecule has 0 amide bonds. The monoisotopic (exact) mass is 313 g/mol. The van der Waals surface area contributed by atoms with E-state index in [2.05, 4.69) is 15.0 Å². The van der Waals surface area contributed by atoms with Crippen LogP contribution in [0.25, 0.3) is 11.2 Å². The molecule has 3 rings (SSSR count). The molecule has 2 N–H and O–H groups in total. The van der Waals surface area contributed by atoms with Gasteiger partial charge in [0.05, 0.1) is 19.0 Å². The summed E-state index contributed by atoms with van der Waals surface area (Å²) >= 11 is 5.87. The minimum absolute atomic E-state index is 0.0537. The summed E-state index contributed by atoms with van der Waals surface area (Å²) in [6, 6.07) is 0. The van der Waals surface area contributed by atoms with Gasteiger partial charge in [0.2, 0.25) is 5.28 Å². The van der Waals surface area contributed by atoms with E-state index in [0.717, 1.165) is 0 Å². The first-order valence-electron chi connectivity index (χ1n) is 6.46. The largest absolute Gasteiger partial charge is 0.382 e. The van der Waals surface area contributed by atoms with Crippen molar-refractivity contribution >= 4 is 28.6 Å². The number of nitrogen functional groups attached to an aromatic ring is 1. The van der Waals surface area contributed by atoms with Crippen molar-refractivity contribution in [3.05, 3.63) is 11.6 Å². The number of imidazole rings is 1. The van der Waals surface area contributed by atoms with Crippen molar-refractivity contribution in [3.8, 4) is 0 Å². The Kier molecular flexibility index (Phi) is 3.94. The van der Waals surface area contributed by atoms with Gasteiger partial charge in [-0.25, -0.2) is 4.98 Å². The summed E-state index contributed by atoms with van der Waals surface area (Å²) in [5.74, 6) is 0.249. The highest BCUT2D eigenvalue weighted by Gasteiger charge is 2.37. The third kappa shape index (κ3) is 2.55. The van der Waals surface area contributed by atoms with Crippen molar-refractivity contribution in [2.75, 3.05) is 26.6 Å². The second-order valence-corrected chi connectivity index (χ2v) is 5.13. The van der Waals surface area contributed by atoms with Gasteiger partial charge in [0.1, 0.15) is 17.8 Å². The number of ether oxygens (including phenoxy) is 3. The number of fused-ring (bicyclic) bond motifs is 1. The summed E-state index contributed by atoms with van der Waals surface area (Å²) in [7, 11) is 3.28. The van der Waals surface area contributed by atoms with Crippen LogP contribution in [0.2, 0.25) is 5.28 Å². The minimum Gasteiger partial charge on any atom is -0.382 e. The number of aromatic nitrogens is 4. The molecule has 0 aromatic carbocycles. The molecule has 3 unspecified atom stereocenters. The Morgan fingerprint density at radius 1 is 1.48 bits per heavy atom. The normalized spacial score (nSPS) is 25.8. The van der Waals surface area contributed by atoms with Gasteiger partial charge in [-0.2, -0.15) is 9.97 Å². The highest BCUT2D eigenvalue weighted by atomic mass is 35.5. The van der Waals surface area contributed by atoms with Crippen LogP contribution in [0.3, 0.4) is 0 Å². The molecule has 1 aliphatic rings. The van der Waals surface area contributed by atoms with E-state index < -0.39 is 0 Å². The predicted molar refractivity (Wildman–Crippen MR) is 75.9 cm³/mol. The standard InChI is InChI=1S/C12H16ClN5O3/c1-19-4-7-6(20-2)3-8(21-7)18-5-15-9-10(14)16-12(13)17-11(9)18/h5-8H,3-4H2,1-2H3,(H2,14,16,17). The summed E-state index contributed by atoms with van der Waals surface area (Å²) in [4.78, 5) is 12.3. The molecule has 1 saturated heterocycles. The Hall–Kier alpha value is -1.48. The maximum Gasteiger partial charge on any atom is 0.226 e. The Labute approximate surface area is 126 Å². The highest BCUT2D eigenvalue weighted by Crippen LogP contribution is 2.33. The van der Waals surface area contributed by atoms with Gasteiger partial charge in [-0.1, -0.05) is 0 Å². The van der Waals surface area contributed by atoms with Gasteiger partial charge in [0.25, 0.3) is 0 Å².